The van der Waals surface area contributed by atoms with Gasteiger partial charge >= 0.3 is 0 Å². The van der Waals surface area contributed by atoms with Gasteiger partial charge in [0, 0.05) is 21.5 Å². The van der Waals surface area contributed by atoms with Crippen molar-refractivity contribution in [3.8, 4) is 66.8 Å². The minimum atomic E-state index is -1.10. The molecule has 0 aliphatic rings. The zero-order valence-electron chi connectivity index (χ0n) is 111. The normalized spacial score (nSPS) is 20.2. The van der Waals surface area contributed by atoms with Crippen molar-refractivity contribution in [3.05, 3.63) is 363 Å². The van der Waals surface area contributed by atoms with Crippen molar-refractivity contribution < 1.29 is 91.1 Å². The summed E-state index contributed by atoms with van der Waals surface area (Å²) < 4.78 is 558. The third kappa shape index (κ3) is 9.13. The van der Waals surface area contributed by atoms with Gasteiger partial charge in [-0.25, -0.2) is 0 Å². The molecule has 472 valence electrons. The summed E-state index contributed by atoms with van der Waals surface area (Å²) in [6.45, 7) is 0. The van der Waals surface area contributed by atoms with E-state index in [2.05, 4.69) is 0 Å². The first-order valence-electron chi connectivity index (χ1n) is 60.3. The van der Waals surface area contributed by atoms with Crippen LogP contribution >= 0.6 is 0 Å². The summed E-state index contributed by atoms with van der Waals surface area (Å²) in [6, 6.07) is -56.4. The summed E-state index contributed by atoms with van der Waals surface area (Å²) in [5.74, 6) is 0. The van der Waals surface area contributed by atoms with Crippen LogP contribution in [0.25, 0.3) is 218 Å². The molecule has 20 aromatic carbocycles. The zero-order valence-corrected chi connectivity index (χ0v) is 50.8. The van der Waals surface area contributed by atoms with E-state index in [0.29, 0.717) is 0 Å². The van der Waals surface area contributed by atoms with Crippen molar-refractivity contribution in [1.82, 2.24) is 0 Å². The zero-order chi connectivity index (χ0) is 119. The van der Waals surface area contributed by atoms with E-state index in [0.717, 1.165) is 0 Å². The maximum absolute atomic E-state index is 9.90. The molecular weight excluding hydrogens is 1230 g/mol. The molecule has 0 radical (unpaired) electrons. The maximum Gasteiger partial charge on any atom is 0.136 e. The van der Waals surface area contributed by atoms with Gasteiger partial charge in [-0.15, -0.1) is 0 Å². The van der Waals surface area contributed by atoms with E-state index in [1.165, 1.54) is 0 Å². The van der Waals surface area contributed by atoms with Gasteiger partial charge in [0.2, 0.25) is 0 Å². The highest BCUT2D eigenvalue weighted by Crippen LogP contribution is 2.50. The Morgan fingerprint density at radius 1 is 0.157 bits per heavy atom. The Kier molecular flexibility index (Phi) is 5.42. The third-order valence-corrected chi connectivity index (χ3v) is 17.1. The van der Waals surface area contributed by atoms with E-state index in [1.54, 1.807) is 0 Å². The highest BCUT2D eigenvalue weighted by Gasteiger charge is 2.23. The molecule has 2 heterocycles. The lowest BCUT2D eigenvalue weighted by Crippen LogP contribution is -1.92. The smallest absolute Gasteiger partial charge is 0.136 e. The van der Waals surface area contributed by atoms with Crippen LogP contribution in [0.2, 0.25) is 0 Å². The van der Waals surface area contributed by atoms with Crippen molar-refractivity contribution in [1.29, 1.82) is 0 Å². The molecule has 2 aromatic heterocycles. The molecule has 0 aliphatic carbocycles. The summed E-state index contributed by atoms with van der Waals surface area (Å²) in [5.41, 5.74) is -11.7. The van der Waals surface area contributed by atoms with Gasteiger partial charge in [-0.2, -0.15) is 0 Å². The molecule has 2 heteroatoms. The highest BCUT2D eigenvalue weighted by molar-refractivity contribution is 6.27. The minimum Gasteiger partial charge on any atom is -0.456 e. The molecule has 0 spiro atoms. The SMILES string of the molecule is [2H]c1c([2H])c(-c2c([2H])c([2H])c3c(-c4c5c([2H])c([2H])c([2H])c([2H])c5c(-c5c([2H])c([2H])c([2H])c6c([2H])c([2H])c([2H])c([2H])c56)c5c([2H])c([2H])c([2H])c([2H])c45)c([2H])c([2H])c([2H])c3c2[2H])c2c(oc3c([2H])c4c([2H])c([2H])c([2H])c([2H])c4c([2H])c32)c1[2H].[2H]c1c([2H])c(-c2c([2H])c([2H])c3c(-c4c5c([2H])c([2H])c([2H])c([2H])c5c(-c5c([2H])c([2H])c6c([2H])c([2H])c([2H])c([2H])c6c5[2H])c5c([2H])c([2H])c([2H])c([2H])c45)c([2H])c([2H])c([2H])c3c2[2H])c2c(oc3c([2H])c4c([2H])c([2H])c([2H])c([2H])c4c([2H])c32)c1[2H]. The fourth-order valence-electron chi connectivity index (χ4n) is 12.8. The summed E-state index contributed by atoms with van der Waals surface area (Å²) in [4.78, 5) is 0. The predicted molar refractivity (Wildman–Crippen MR) is 435 cm³/mol. The van der Waals surface area contributed by atoms with Gasteiger partial charge in [0.15, 0.2) is 0 Å². The van der Waals surface area contributed by atoms with Gasteiger partial charge in [-0.1, -0.05) is 308 Å². The van der Waals surface area contributed by atoms with Gasteiger partial charge in [0.1, 0.15) is 22.3 Å². The Balaban J connectivity index is 0.000000186. The van der Waals surface area contributed by atoms with Gasteiger partial charge in [-0.05, 0) is 229 Å². The number of hydrogen-bond donors (Lipinski definition) is 0. The van der Waals surface area contributed by atoms with Crippen molar-refractivity contribution in [2.75, 3.05) is 0 Å². The average molecular weight is 1350 g/mol. The minimum absolute atomic E-state index is 0.470. The van der Waals surface area contributed by atoms with E-state index in [4.69, 9.17) is 54.1 Å². The molecule has 22 rings (SSSR count). The van der Waals surface area contributed by atoms with Crippen LogP contribution in [-0.4, -0.2) is 0 Å². The second kappa shape index (κ2) is 23.1. The Labute approximate surface area is 671 Å². The Bertz CT molecular complexity index is 10900. The quantitative estimate of drug-likeness (QED) is 0.155. The van der Waals surface area contributed by atoms with E-state index < -0.39 is 581 Å². The topological polar surface area (TPSA) is 26.3 Å². The maximum atomic E-state index is 9.90. The lowest BCUT2D eigenvalue weighted by molar-refractivity contribution is 0.669. The standard InChI is InChI=1S/2C50H30O/c1-2-14-33-30-47-45(29-32(33)13-1)50-38(22-11-25-46(50)51-47)35-26-27-37-34(28-35)16-10-24-40(37)49-43-20-7-5-18-41(43)48(42-19-6-8-21-44(42)49)39-23-9-15-31-12-3-4-17-36(31)39;1-2-12-32-27-37(24-23-31(32)11-1)48-41-16-5-7-18-43(41)49(44-19-8-6-17-42(44)48)40-21-9-15-35-28-36(25-26-38(35)40)39-20-10-22-46-50(39)45-29-33-13-3-4-14-34(33)30-47(45)51-46/h2*1-30H/i2*1D,2D,3D,4D,5D,6D,7D,8D,9D,10D,11D,12D,13D,14D,15D,16D,17D,18D,19D,20D,21D,22D,23D,24D,25D,26D,27D,28D,29D,30D. The van der Waals surface area contributed by atoms with Crippen LogP contribution < -0.4 is 0 Å². The van der Waals surface area contributed by atoms with Gasteiger partial charge in [0.25, 0.3) is 0 Å². The summed E-state index contributed by atoms with van der Waals surface area (Å²) in [6.07, 6.45) is 0. The second-order valence-corrected chi connectivity index (χ2v) is 22.5. The third-order valence-electron chi connectivity index (χ3n) is 17.1. The molecule has 0 unspecified atom stereocenters. The van der Waals surface area contributed by atoms with E-state index in [-0.39, 0.29) is 0 Å². The summed E-state index contributed by atoms with van der Waals surface area (Å²) in [5, 5.41) is -16.0. The molecule has 0 fully saturated rings. The number of furan rings is 2. The van der Waals surface area contributed by atoms with Gasteiger partial charge in [0.05, 0.1) is 82.2 Å². The second-order valence-electron chi connectivity index (χ2n) is 22.5. The predicted octanol–water partition coefficient (Wildman–Crippen LogP) is 28.7. The lowest BCUT2D eigenvalue weighted by Gasteiger charge is -2.20. The fourth-order valence-corrected chi connectivity index (χ4v) is 12.8. The molecule has 102 heavy (non-hydrogen) atoms. The molecule has 0 N–H and O–H groups in total. The highest BCUT2D eigenvalue weighted by atomic mass is 16.3. The molecule has 0 atom stereocenters. The van der Waals surface area contributed by atoms with E-state index in [1.807, 2.05) is 0 Å². The van der Waals surface area contributed by atoms with Crippen molar-refractivity contribution >= 4 is 152 Å². The number of benzene rings is 20. The van der Waals surface area contributed by atoms with Crippen molar-refractivity contribution in [2.24, 2.45) is 0 Å². The summed E-state index contributed by atoms with van der Waals surface area (Å²) >= 11 is 0. The Hall–Kier alpha value is -13.4. The molecule has 0 saturated carbocycles. The molecule has 0 aliphatic heterocycles. The van der Waals surface area contributed by atoms with Crippen LogP contribution in [-0.2, 0) is 0 Å². The number of fused-ring (bicyclic) bond motifs is 16. The van der Waals surface area contributed by atoms with Crippen LogP contribution in [0.15, 0.2) is 371 Å². The van der Waals surface area contributed by atoms with Crippen molar-refractivity contribution in [3.63, 3.8) is 0 Å². The molecule has 0 bridgehead atoms. The van der Waals surface area contributed by atoms with Gasteiger partial charge < -0.3 is 8.83 Å². The van der Waals surface area contributed by atoms with Crippen LogP contribution in [0.5, 0.6) is 0 Å². The van der Waals surface area contributed by atoms with Crippen LogP contribution in [0, 0.1) is 0 Å². The number of hydrogen-bond acceptors (Lipinski definition) is 2. The summed E-state index contributed by atoms with van der Waals surface area (Å²) in [7, 11) is 0. The molecule has 0 saturated heterocycles. The largest absolute Gasteiger partial charge is 0.456 e. The molecular formula is C100H60O2. The van der Waals surface area contributed by atoms with Crippen molar-refractivity contribution in [2.45, 2.75) is 0 Å². The Morgan fingerprint density at radius 2 is 0.441 bits per heavy atom. The van der Waals surface area contributed by atoms with Crippen LogP contribution in [0.1, 0.15) is 82.2 Å². The number of rotatable bonds is 6. The molecule has 0 amide bonds. The van der Waals surface area contributed by atoms with E-state index >= 15 is 0 Å². The first-order chi connectivity index (χ1) is 75.6. The monoisotopic (exact) mass is 1350 g/mol. The van der Waals surface area contributed by atoms with E-state index in [9.17, 15) is 37.0 Å². The first-order valence-corrected chi connectivity index (χ1v) is 30.3. The van der Waals surface area contributed by atoms with Crippen LogP contribution in [0.4, 0.5) is 0 Å². The Morgan fingerprint density at radius 3 is 0.863 bits per heavy atom. The average Bonchev–Trinajstić information content (AvgIpc) is 0.901. The fraction of sp³-hybridized carbons (Fsp3) is 0. The molecule has 22 aromatic rings. The first kappa shape index (κ1) is 23.9. The van der Waals surface area contributed by atoms with Gasteiger partial charge in [-0.3, -0.25) is 0 Å². The van der Waals surface area contributed by atoms with Crippen LogP contribution in [0.3, 0.4) is 0 Å². The lowest BCUT2D eigenvalue weighted by atomic mass is 9.83. The molecule has 2 nitrogen and oxygen atoms in total.